The minimum absolute atomic E-state index is 0.271. The van der Waals surface area contributed by atoms with Crippen molar-refractivity contribution < 1.29 is 28.5 Å². The number of hydrogen-bond donors (Lipinski definition) is 0. The average molecular weight is 282 g/mol. The zero-order chi connectivity index (χ0) is 15.0. The molecule has 6 heteroatoms. The van der Waals surface area contributed by atoms with Crippen molar-refractivity contribution in [3.8, 4) is 17.2 Å². The van der Waals surface area contributed by atoms with Gasteiger partial charge in [0.1, 0.15) is 6.29 Å². The summed E-state index contributed by atoms with van der Waals surface area (Å²) in [6, 6.07) is 3.12. The summed E-state index contributed by atoms with van der Waals surface area (Å²) in [6.07, 6.45) is 1.48. The van der Waals surface area contributed by atoms with Crippen LogP contribution >= 0.6 is 0 Å². The lowest BCUT2D eigenvalue weighted by Gasteiger charge is -2.14. The molecule has 0 aliphatic carbocycles. The second-order valence-electron chi connectivity index (χ2n) is 3.90. The fourth-order valence-corrected chi connectivity index (χ4v) is 1.60. The molecule has 0 aliphatic rings. The normalized spacial score (nSPS) is 9.75. The van der Waals surface area contributed by atoms with Crippen molar-refractivity contribution in [2.75, 3.05) is 27.9 Å². The molecule has 0 saturated heterocycles. The number of ether oxygens (including phenoxy) is 4. The van der Waals surface area contributed by atoms with Crippen LogP contribution in [0.4, 0.5) is 0 Å². The summed E-state index contributed by atoms with van der Waals surface area (Å²) in [7, 11) is 4.29. The van der Waals surface area contributed by atoms with Gasteiger partial charge in [0.05, 0.1) is 27.9 Å². The van der Waals surface area contributed by atoms with Crippen LogP contribution in [0.3, 0.4) is 0 Å². The van der Waals surface area contributed by atoms with E-state index in [0.29, 0.717) is 42.1 Å². The van der Waals surface area contributed by atoms with Crippen LogP contribution in [0.5, 0.6) is 17.2 Å². The van der Waals surface area contributed by atoms with Crippen LogP contribution < -0.4 is 14.2 Å². The summed E-state index contributed by atoms with van der Waals surface area (Å²) in [5.74, 6) is 0.934. The Morgan fingerprint density at radius 2 is 1.75 bits per heavy atom. The largest absolute Gasteiger partial charge is 0.493 e. The second-order valence-corrected chi connectivity index (χ2v) is 3.90. The van der Waals surface area contributed by atoms with Crippen molar-refractivity contribution in [1.82, 2.24) is 0 Å². The molecule has 0 amide bonds. The third-order valence-corrected chi connectivity index (χ3v) is 2.62. The molecule has 0 spiro atoms. The van der Waals surface area contributed by atoms with Gasteiger partial charge in [-0.1, -0.05) is 0 Å². The number of carbonyl (C=O) groups excluding carboxylic acids is 2. The van der Waals surface area contributed by atoms with Crippen molar-refractivity contribution in [3.05, 3.63) is 17.7 Å². The van der Waals surface area contributed by atoms with E-state index in [1.165, 1.54) is 21.3 Å². The van der Waals surface area contributed by atoms with Crippen LogP contribution in [0.25, 0.3) is 0 Å². The molecule has 20 heavy (non-hydrogen) atoms. The molecule has 0 radical (unpaired) electrons. The molecule has 0 aromatic heterocycles. The Hall–Kier alpha value is -2.24. The second kappa shape index (κ2) is 8.04. The summed E-state index contributed by atoms with van der Waals surface area (Å²) in [4.78, 5) is 21.8. The number of carbonyl (C=O) groups is 2. The van der Waals surface area contributed by atoms with Crippen molar-refractivity contribution >= 4 is 12.3 Å². The van der Waals surface area contributed by atoms with Gasteiger partial charge < -0.3 is 18.9 Å². The Labute approximate surface area is 117 Å². The van der Waals surface area contributed by atoms with Gasteiger partial charge in [-0.3, -0.25) is 9.59 Å². The molecule has 110 valence electrons. The summed E-state index contributed by atoms with van der Waals surface area (Å²) >= 11 is 0. The molecule has 0 heterocycles. The molecule has 0 saturated carbocycles. The lowest BCUT2D eigenvalue weighted by Crippen LogP contribution is -2.06. The van der Waals surface area contributed by atoms with Crippen LogP contribution in [0.15, 0.2) is 12.1 Å². The van der Waals surface area contributed by atoms with Gasteiger partial charge in [0.15, 0.2) is 11.5 Å². The van der Waals surface area contributed by atoms with E-state index in [-0.39, 0.29) is 12.4 Å². The molecule has 0 bridgehead atoms. The van der Waals surface area contributed by atoms with Crippen LogP contribution in [0.2, 0.25) is 0 Å². The minimum Gasteiger partial charge on any atom is -0.493 e. The highest BCUT2D eigenvalue weighted by molar-refractivity contribution is 5.78. The number of rotatable bonds is 8. The first-order valence-electron chi connectivity index (χ1n) is 6.07. The molecule has 0 N–H and O–H groups in total. The molecule has 0 unspecified atom stereocenters. The van der Waals surface area contributed by atoms with E-state index in [9.17, 15) is 9.59 Å². The van der Waals surface area contributed by atoms with Gasteiger partial charge in [-0.2, -0.15) is 0 Å². The summed E-state index contributed by atoms with van der Waals surface area (Å²) in [6.45, 7) is 0.308. The monoisotopic (exact) mass is 282 g/mol. The SMILES string of the molecule is COC(=O)CCCOc1c(OC)cc(C=O)cc1OC. The first kappa shape index (κ1) is 15.8. The topological polar surface area (TPSA) is 71.1 Å². The number of benzene rings is 1. The van der Waals surface area contributed by atoms with Gasteiger partial charge in [-0.25, -0.2) is 0 Å². The molecule has 0 aliphatic heterocycles. The first-order chi connectivity index (χ1) is 9.65. The molecule has 6 nitrogen and oxygen atoms in total. The minimum atomic E-state index is -0.288. The average Bonchev–Trinajstić information content (AvgIpc) is 2.50. The third-order valence-electron chi connectivity index (χ3n) is 2.62. The molecule has 0 fully saturated rings. The summed E-state index contributed by atoms with van der Waals surface area (Å²) in [5, 5.41) is 0. The third kappa shape index (κ3) is 4.15. The maximum absolute atomic E-state index is 11.0. The zero-order valence-corrected chi connectivity index (χ0v) is 11.8. The Morgan fingerprint density at radius 1 is 1.15 bits per heavy atom. The molecular weight excluding hydrogens is 264 g/mol. The number of methoxy groups -OCH3 is 3. The van der Waals surface area contributed by atoms with Gasteiger partial charge >= 0.3 is 5.97 Å². The fourth-order valence-electron chi connectivity index (χ4n) is 1.60. The van der Waals surface area contributed by atoms with E-state index in [2.05, 4.69) is 4.74 Å². The van der Waals surface area contributed by atoms with Crippen LogP contribution in [-0.4, -0.2) is 40.2 Å². The smallest absolute Gasteiger partial charge is 0.305 e. The Balaban J connectivity index is 2.77. The van der Waals surface area contributed by atoms with Crippen molar-refractivity contribution in [3.63, 3.8) is 0 Å². The van der Waals surface area contributed by atoms with Gasteiger partial charge in [0.25, 0.3) is 0 Å². The summed E-state index contributed by atoms with van der Waals surface area (Å²) < 4.78 is 20.5. The Morgan fingerprint density at radius 3 is 2.20 bits per heavy atom. The number of aldehydes is 1. The lowest BCUT2D eigenvalue weighted by atomic mass is 10.2. The Kier molecular flexibility index (Phi) is 6.36. The van der Waals surface area contributed by atoms with E-state index >= 15 is 0 Å². The van der Waals surface area contributed by atoms with Crippen LogP contribution in [0.1, 0.15) is 23.2 Å². The van der Waals surface area contributed by atoms with Crippen molar-refractivity contribution in [2.24, 2.45) is 0 Å². The van der Waals surface area contributed by atoms with E-state index in [1.54, 1.807) is 12.1 Å². The van der Waals surface area contributed by atoms with Crippen LogP contribution in [0, 0.1) is 0 Å². The van der Waals surface area contributed by atoms with E-state index in [4.69, 9.17) is 14.2 Å². The maximum atomic E-state index is 11.0. The van der Waals surface area contributed by atoms with Gasteiger partial charge in [0, 0.05) is 12.0 Å². The summed E-state index contributed by atoms with van der Waals surface area (Å²) in [5.41, 5.74) is 0.431. The highest BCUT2D eigenvalue weighted by atomic mass is 16.5. The lowest BCUT2D eigenvalue weighted by molar-refractivity contribution is -0.140. The molecule has 0 atom stereocenters. The van der Waals surface area contributed by atoms with Crippen molar-refractivity contribution in [1.29, 1.82) is 0 Å². The molecular formula is C14H18O6. The predicted octanol–water partition coefficient (Wildman–Crippen LogP) is 1.85. The fraction of sp³-hybridized carbons (Fsp3) is 0.429. The van der Waals surface area contributed by atoms with Gasteiger partial charge in [0.2, 0.25) is 5.75 Å². The van der Waals surface area contributed by atoms with E-state index < -0.39 is 0 Å². The van der Waals surface area contributed by atoms with E-state index in [1.807, 2.05) is 0 Å². The highest BCUT2D eigenvalue weighted by Gasteiger charge is 2.14. The van der Waals surface area contributed by atoms with Gasteiger partial charge in [-0.15, -0.1) is 0 Å². The predicted molar refractivity (Wildman–Crippen MR) is 71.7 cm³/mol. The van der Waals surface area contributed by atoms with Crippen LogP contribution in [-0.2, 0) is 9.53 Å². The molecule has 1 aromatic carbocycles. The first-order valence-corrected chi connectivity index (χ1v) is 6.07. The van der Waals surface area contributed by atoms with Crippen molar-refractivity contribution in [2.45, 2.75) is 12.8 Å². The molecule has 1 rings (SSSR count). The highest BCUT2D eigenvalue weighted by Crippen LogP contribution is 2.38. The maximum Gasteiger partial charge on any atom is 0.305 e. The Bertz CT molecular complexity index is 444. The quantitative estimate of drug-likeness (QED) is 0.411. The molecule has 1 aromatic rings. The standard InChI is InChI=1S/C14H18O6/c1-17-11-7-10(9-15)8-12(18-2)14(11)20-6-4-5-13(16)19-3/h7-9H,4-6H2,1-3H3. The van der Waals surface area contributed by atoms with Gasteiger partial charge in [-0.05, 0) is 18.6 Å². The van der Waals surface area contributed by atoms with E-state index in [0.717, 1.165) is 0 Å². The zero-order valence-electron chi connectivity index (χ0n) is 11.8. The number of hydrogen-bond acceptors (Lipinski definition) is 6. The number of esters is 1.